The fourth-order valence-electron chi connectivity index (χ4n) is 2.91. The second-order valence-electron chi connectivity index (χ2n) is 7.31. The van der Waals surface area contributed by atoms with E-state index in [4.69, 9.17) is 0 Å². The van der Waals surface area contributed by atoms with E-state index in [0.717, 1.165) is 4.52 Å². The maximum atomic E-state index is 14.6. The molecule has 2 amide bonds. The Kier molecular flexibility index (Phi) is 6.75. The van der Waals surface area contributed by atoms with Gasteiger partial charge in [0.05, 0.1) is 19.2 Å². The molecule has 0 bridgehead atoms. The lowest BCUT2D eigenvalue weighted by atomic mass is 10.2. The van der Waals surface area contributed by atoms with Gasteiger partial charge in [-0.1, -0.05) is 0 Å². The van der Waals surface area contributed by atoms with E-state index in [1.807, 2.05) is 13.8 Å². The Hall–Kier alpha value is -3.51. The number of nitrogens with zero attached hydrogens (tertiary/aromatic N) is 5. The summed E-state index contributed by atoms with van der Waals surface area (Å²) in [5.41, 5.74) is 0.832. The zero-order valence-electron chi connectivity index (χ0n) is 17.3. The largest absolute Gasteiger partial charge is 0.389 e. The second kappa shape index (κ2) is 9.32. The molecule has 3 aromatic rings. The number of hydrogen-bond donors (Lipinski definition) is 2. The number of imidazole rings is 1. The molecule has 0 unspecified atom stereocenters. The summed E-state index contributed by atoms with van der Waals surface area (Å²) < 4.78 is 53.6. The Bertz CT molecular complexity index is 1120. The minimum absolute atomic E-state index is 0.0331. The minimum atomic E-state index is -4.41. The highest BCUT2D eigenvalue weighted by Crippen LogP contribution is 2.21. The third-order valence-electron chi connectivity index (χ3n) is 4.48. The summed E-state index contributed by atoms with van der Waals surface area (Å²) in [5.74, 6) is -1.97. The van der Waals surface area contributed by atoms with Crippen LogP contribution >= 0.6 is 0 Å². The van der Waals surface area contributed by atoms with Crippen molar-refractivity contribution in [1.82, 2.24) is 35.0 Å². The summed E-state index contributed by atoms with van der Waals surface area (Å²) in [7, 11) is 0. The Labute approximate surface area is 179 Å². The molecule has 0 aromatic carbocycles. The summed E-state index contributed by atoms with van der Waals surface area (Å²) in [4.78, 5) is 28.0. The quantitative estimate of drug-likeness (QED) is 0.508. The van der Waals surface area contributed by atoms with Crippen LogP contribution in [0.1, 0.15) is 54.5 Å². The van der Waals surface area contributed by atoms with E-state index >= 15 is 0 Å². The molecule has 0 fully saturated rings. The molecule has 0 atom stereocenters. The van der Waals surface area contributed by atoms with Crippen LogP contribution in [0.4, 0.5) is 17.6 Å². The van der Waals surface area contributed by atoms with Crippen LogP contribution in [-0.4, -0.2) is 42.4 Å². The zero-order valence-corrected chi connectivity index (χ0v) is 17.3. The van der Waals surface area contributed by atoms with Gasteiger partial charge in [-0.25, -0.2) is 4.98 Å². The molecule has 0 aliphatic carbocycles. The number of fused-ring (bicyclic) bond motifs is 1. The maximum absolute atomic E-state index is 14.6. The number of carbonyl (C=O) groups is 2. The van der Waals surface area contributed by atoms with Crippen LogP contribution < -0.4 is 10.6 Å². The van der Waals surface area contributed by atoms with E-state index in [-0.39, 0.29) is 30.5 Å². The predicted octanol–water partition coefficient (Wildman–Crippen LogP) is 2.53. The molecule has 0 radical (unpaired) electrons. The molecule has 32 heavy (non-hydrogen) atoms. The van der Waals surface area contributed by atoms with Crippen LogP contribution in [0.5, 0.6) is 0 Å². The number of hydrogen-bond acceptors (Lipinski definition) is 5. The van der Waals surface area contributed by atoms with Crippen molar-refractivity contribution >= 4 is 17.5 Å². The van der Waals surface area contributed by atoms with E-state index in [1.54, 1.807) is 6.07 Å². The topological polar surface area (TPSA) is 106 Å². The molecule has 0 saturated heterocycles. The number of nitrogens with one attached hydrogen (secondary N) is 2. The van der Waals surface area contributed by atoms with Crippen molar-refractivity contribution < 1.29 is 27.2 Å². The number of halogens is 4. The van der Waals surface area contributed by atoms with Crippen molar-refractivity contribution in [1.29, 1.82) is 0 Å². The molecule has 13 heteroatoms. The monoisotopic (exact) mass is 455 g/mol. The number of amides is 2. The smallest absolute Gasteiger partial charge is 0.352 e. The first kappa shape index (κ1) is 23.2. The van der Waals surface area contributed by atoms with Crippen LogP contribution in [0, 0.1) is 5.95 Å². The highest BCUT2D eigenvalue weighted by molar-refractivity contribution is 5.92. The first-order valence-corrected chi connectivity index (χ1v) is 9.72. The molecule has 3 rings (SSSR count). The minimum Gasteiger partial charge on any atom is -0.352 e. The normalized spacial score (nSPS) is 11.8. The van der Waals surface area contributed by atoms with Crippen molar-refractivity contribution in [2.45, 2.75) is 52.0 Å². The lowest BCUT2D eigenvalue weighted by Gasteiger charge is -2.10. The molecule has 0 aliphatic heterocycles. The van der Waals surface area contributed by atoms with E-state index in [1.165, 1.54) is 23.1 Å². The van der Waals surface area contributed by atoms with Crippen molar-refractivity contribution in [3.8, 4) is 0 Å². The first-order chi connectivity index (χ1) is 15.0. The Morgan fingerprint density at radius 2 is 1.91 bits per heavy atom. The number of carbonyl (C=O) groups excluding carboxylic acids is 2. The standard InChI is InChI=1S/C19H21F4N7O2/c1-11(2)29-14(4-6-26-29)18(32)25-10-13-17(20)30-15(28-13)7-12(9-27-30)8-24-16(31)3-5-19(21,22)23/h4,6-7,9,11H,3,5,8,10H2,1-2H3,(H,24,31)(H,25,32). The van der Waals surface area contributed by atoms with Crippen LogP contribution in [-0.2, 0) is 17.9 Å². The second-order valence-corrected chi connectivity index (χ2v) is 7.31. The number of aromatic nitrogens is 5. The zero-order chi connectivity index (χ0) is 23.5. The van der Waals surface area contributed by atoms with Crippen molar-refractivity contribution in [2.24, 2.45) is 0 Å². The van der Waals surface area contributed by atoms with E-state index in [2.05, 4.69) is 25.8 Å². The molecule has 3 heterocycles. The molecule has 0 spiro atoms. The van der Waals surface area contributed by atoms with Gasteiger partial charge in [0.2, 0.25) is 11.9 Å². The van der Waals surface area contributed by atoms with Gasteiger partial charge in [-0.3, -0.25) is 14.3 Å². The Morgan fingerprint density at radius 1 is 1.16 bits per heavy atom. The Morgan fingerprint density at radius 3 is 2.59 bits per heavy atom. The third-order valence-corrected chi connectivity index (χ3v) is 4.48. The van der Waals surface area contributed by atoms with Gasteiger partial charge in [0.25, 0.3) is 5.91 Å². The molecular weight excluding hydrogens is 434 g/mol. The number of rotatable bonds is 8. The molecule has 2 N–H and O–H groups in total. The van der Waals surface area contributed by atoms with Crippen LogP contribution in [0.15, 0.2) is 24.5 Å². The summed E-state index contributed by atoms with van der Waals surface area (Å²) in [6.45, 7) is 3.46. The highest BCUT2D eigenvalue weighted by atomic mass is 19.4. The lowest BCUT2D eigenvalue weighted by molar-refractivity contribution is -0.144. The van der Waals surface area contributed by atoms with Crippen molar-refractivity contribution in [3.05, 3.63) is 47.4 Å². The van der Waals surface area contributed by atoms with Gasteiger partial charge in [-0.05, 0) is 31.5 Å². The molecule has 0 aliphatic rings. The first-order valence-electron chi connectivity index (χ1n) is 9.72. The third kappa shape index (κ3) is 5.59. The van der Waals surface area contributed by atoms with Gasteiger partial charge in [-0.2, -0.15) is 32.3 Å². The molecular formula is C19H21F4N7O2. The summed E-state index contributed by atoms with van der Waals surface area (Å²) in [6, 6.07) is 2.96. The van der Waals surface area contributed by atoms with Crippen molar-refractivity contribution in [2.75, 3.05) is 0 Å². The van der Waals surface area contributed by atoms with Crippen LogP contribution in [0.25, 0.3) is 5.65 Å². The predicted molar refractivity (Wildman–Crippen MR) is 104 cm³/mol. The fourth-order valence-corrected chi connectivity index (χ4v) is 2.91. The fraction of sp³-hybridized carbons (Fsp3) is 0.421. The molecule has 172 valence electrons. The molecule has 9 nitrogen and oxygen atoms in total. The average Bonchev–Trinajstić information content (AvgIpc) is 3.33. The molecule has 3 aromatic heterocycles. The molecule has 0 saturated carbocycles. The summed E-state index contributed by atoms with van der Waals surface area (Å²) in [5, 5.41) is 12.9. The van der Waals surface area contributed by atoms with Crippen LogP contribution in [0.2, 0.25) is 0 Å². The highest BCUT2D eigenvalue weighted by Gasteiger charge is 2.27. The van der Waals surface area contributed by atoms with Gasteiger partial charge in [-0.15, -0.1) is 0 Å². The van der Waals surface area contributed by atoms with E-state index in [9.17, 15) is 27.2 Å². The number of alkyl halides is 3. The SMILES string of the molecule is CC(C)n1nccc1C(=O)NCc1nc2cc(CNC(=O)CCC(F)(F)F)cnn2c1F. The van der Waals surface area contributed by atoms with Crippen molar-refractivity contribution in [3.63, 3.8) is 0 Å². The van der Waals surface area contributed by atoms with E-state index < -0.39 is 36.8 Å². The van der Waals surface area contributed by atoms with E-state index in [0.29, 0.717) is 11.3 Å². The maximum Gasteiger partial charge on any atom is 0.389 e. The Balaban J connectivity index is 1.63. The van der Waals surface area contributed by atoms with Gasteiger partial charge in [0, 0.05) is 25.2 Å². The lowest BCUT2D eigenvalue weighted by Crippen LogP contribution is -2.27. The van der Waals surface area contributed by atoms with Gasteiger partial charge in [0.15, 0.2) is 5.65 Å². The van der Waals surface area contributed by atoms with Gasteiger partial charge >= 0.3 is 6.18 Å². The van der Waals surface area contributed by atoms with Gasteiger partial charge < -0.3 is 10.6 Å². The summed E-state index contributed by atoms with van der Waals surface area (Å²) >= 11 is 0. The van der Waals surface area contributed by atoms with Crippen LogP contribution in [0.3, 0.4) is 0 Å². The van der Waals surface area contributed by atoms with Gasteiger partial charge in [0.1, 0.15) is 11.4 Å². The summed E-state index contributed by atoms with van der Waals surface area (Å²) in [6.07, 6.45) is -3.55. The average molecular weight is 455 g/mol.